The minimum Gasteiger partial charge on any atom is -0.374 e. The van der Waals surface area contributed by atoms with Crippen LogP contribution in [0.3, 0.4) is 0 Å². The number of hydrogen-bond donors (Lipinski definition) is 1. The van der Waals surface area contributed by atoms with Crippen molar-refractivity contribution in [3.05, 3.63) is 70.3 Å². The van der Waals surface area contributed by atoms with Crippen LogP contribution >= 0.6 is 0 Å². The maximum atomic E-state index is 14.1. The number of oxime groups is 1. The van der Waals surface area contributed by atoms with Gasteiger partial charge in [-0.05, 0) is 35.9 Å². The molecule has 3 rings (SSSR count). The second kappa shape index (κ2) is 9.13. The molecule has 0 aromatic heterocycles. The zero-order valence-electron chi connectivity index (χ0n) is 17.8. The van der Waals surface area contributed by atoms with E-state index in [9.17, 15) is 57.5 Å². The van der Waals surface area contributed by atoms with E-state index in [0.717, 1.165) is 24.3 Å². The first-order valence-electron chi connectivity index (χ1n) is 9.80. The average molecular weight is 552 g/mol. The summed E-state index contributed by atoms with van der Waals surface area (Å²) in [4.78, 5) is 16.2. The largest absolute Gasteiger partial charge is 0.435 e. The van der Waals surface area contributed by atoms with Crippen molar-refractivity contribution in [1.29, 1.82) is 0 Å². The predicted molar refractivity (Wildman–Crippen MR) is 101 cm³/mol. The van der Waals surface area contributed by atoms with Crippen LogP contribution in [0.2, 0.25) is 0 Å². The molecule has 1 heterocycles. The van der Waals surface area contributed by atoms with Gasteiger partial charge in [-0.25, -0.2) is 0 Å². The van der Waals surface area contributed by atoms with Crippen molar-refractivity contribution in [2.24, 2.45) is 5.16 Å². The third-order valence-corrected chi connectivity index (χ3v) is 5.17. The second-order valence-electron chi connectivity index (χ2n) is 7.80. The molecule has 202 valence electrons. The molecule has 2 aromatic rings. The van der Waals surface area contributed by atoms with E-state index in [1.807, 2.05) is 0 Å². The van der Waals surface area contributed by atoms with Crippen LogP contribution in [-0.2, 0) is 22.8 Å². The van der Waals surface area contributed by atoms with Crippen LogP contribution < -0.4 is 5.32 Å². The maximum absolute atomic E-state index is 14.1. The molecular weight excluding hydrogens is 540 g/mol. The van der Waals surface area contributed by atoms with Gasteiger partial charge in [-0.15, -0.1) is 0 Å². The van der Waals surface area contributed by atoms with Crippen molar-refractivity contribution in [3.8, 4) is 0 Å². The lowest BCUT2D eigenvalue weighted by molar-refractivity contribution is -0.276. The summed E-state index contributed by atoms with van der Waals surface area (Å²) in [6, 6.07) is 3.25. The maximum Gasteiger partial charge on any atom is 0.435 e. The van der Waals surface area contributed by atoms with Gasteiger partial charge in [0.25, 0.3) is 11.5 Å². The summed E-state index contributed by atoms with van der Waals surface area (Å²) in [5, 5.41) is 4.78. The number of amides is 1. The minimum atomic E-state index is -5.54. The predicted octanol–water partition coefficient (Wildman–Crippen LogP) is 6.60. The van der Waals surface area contributed by atoms with Gasteiger partial charge in [-0.3, -0.25) is 4.79 Å². The Morgan fingerprint density at radius 1 is 0.838 bits per heavy atom. The van der Waals surface area contributed by atoms with Gasteiger partial charge in [-0.1, -0.05) is 17.3 Å². The number of hydrogen-bond acceptors (Lipinski definition) is 3. The molecule has 0 radical (unpaired) electrons. The first-order chi connectivity index (χ1) is 16.7. The number of carbonyl (C=O) groups is 1. The Morgan fingerprint density at radius 3 is 1.78 bits per heavy atom. The zero-order valence-corrected chi connectivity index (χ0v) is 17.8. The van der Waals surface area contributed by atoms with E-state index in [1.54, 1.807) is 5.32 Å². The van der Waals surface area contributed by atoms with E-state index in [0.29, 0.717) is 0 Å². The van der Waals surface area contributed by atoms with Gasteiger partial charge in [-0.2, -0.15) is 52.7 Å². The Morgan fingerprint density at radius 2 is 1.35 bits per heavy atom. The fraction of sp³-hybridized carbons (Fsp3) is 0.333. The molecule has 0 bridgehead atoms. The van der Waals surface area contributed by atoms with Crippen molar-refractivity contribution in [3.63, 3.8) is 0 Å². The molecule has 0 fully saturated rings. The van der Waals surface area contributed by atoms with E-state index in [2.05, 4.69) is 9.99 Å². The molecule has 0 spiro atoms. The van der Waals surface area contributed by atoms with E-state index < -0.39 is 71.6 Å². The zero-order chi connectivity index (χ0) is 28.0. The highest BCUT2D eigenvalue weighted by Gasteiger charge is 2.63. The van der Waals surface area contributed by atoms with Crippen molar-refractivity contribution in [2.45, 2.75) is 36.7 Å². The van der Waals surface area contributed by atoms with E-state index in [1.165, 1.54) is 0 Å². The number of carbonyl (C=O) groups excluding carboxylic acids is 1. The normalized spacial score (nSPS) is 18.9. The van der Waals surface area contributed by atoms with Crippen LogP contribution in [0.25, 0.3) is 0 Å². The summed E-state index contributed by atoms with van der Waals surface area (Å²) in [6.45, 7) is -1.65. The molecule has 1 aliphatic heterocycles. The van der Waals surface area contributed by atoms with E-state index in [4.69, 9.17) is 0 Å². The summed E-state index contributed by atoms with van der Waals surface area (Å²) >= 11 is 0. The van der Waals surface area contributed by atoms with Crippen molar-refractivity contribution < 1.29 is 62.3 Å². The van der Waals surface area contributed by atoms with Gasteiger partial charge in [0.15, 0.2) is 0 Å². The topological polar surface area (TPSA) is 50.7 Å². The van der Waals surface area contributed by atoms with Gasteiger partial charge in [0.2, 0.25) is 0 Å². The summed E-state index contributed by atoms with van der Waals surface area (Å²) in [5.41, 5.74) is -10.2. The Balaban J connectivity index is 1.96. The third-order valence-electron chi connectivity index (χ3n) is 5.17. The van der Waals surface area contributed by atoms with Crippen molar-refractivity contribution in [1.82, 2.24) is 5.32 Å². The quantitative estimate of drug-likeness (QED) is 0.435. The van der Waals surface area contributed by atoms with E-state index in [-0.39, 0.29) is 29.3 Å². The first kappa shape index (κ1) is 28.1. The fourth-order valence-corrected chi connectivity index (χ4v) is 3.34. The minimum absolute atomic E-state index is 0.116. The highest BCUT2D eigenvalue weighted by molar-refractivity contribution is 6.03. The molecule has 0 saturated carbocycles. The van der Waals surface area contributed by atoms with Gasteiger partial charge in [0.1, 0.15) is 6.54 Å². The molecule has 0 saturated heterocycles. The van der Waals surface area contributed by atoms with Crippen LogP contribution in [-0.4, -0.2) is 30.5 Å². The van der Waals surface area contributed by atoms with E-state index >= 15 is 0 Å². The molecule has 2 aromatic carbocycles. The Labute approximate surface area is 198 Å². The number of benzene rings is 2. The average Bonchev–Trinajstić information content (AvgIpc) is 3.23. The van der Waals surface area contributed by atoms with Crippen LogP contribution in [0.15, 0.2) is 47.6 Å². The third kappa shape index (κ3) is 6.10. The summed E-state index contributed by atoms with van der Waals surface area (Å²) < 4.78 is 158. The van der Waals surface area contributed by atoms with Gasteiger partial charge in [0.05, 0.1) is 16.8 Å². The van der Waals surface area contributed by atoms with Crippen molar-refractivity contribution in [2.75, 3.05) is 6.54 Å². The summed E-state index contributed by atoms with van der Waals surface area (Å²) in [5.74, 6) is -1.17. The fourth-order valence-electron chi connectivity index (χ4n) is 3.34. The SMILES string of the molecule is O=C(NCC(F)(F)F)c1ccc(C2=NOC(c3cc(C(F)(F)F)cc(C(F)(F)F)c3)(C(F)(F)F)C2)cc1. The van der Waals surface area contributed by atoms with Crippen LogP contribution in [0, 0.1) is 0 Å². The Hall–Kier alpha value is -3.46. The molecule has 37 heavy (non-hydrogen) atoms. The monoisotopic (exact) mass is 552 g/mol. The second-order valence-corrected chi connectivity index (χ2v) is 7.80. The molecule has 1 unspecified atom stereocenters. The number of nitrogens with zero attached hydrogens (tertiary/aromatic N) is 1. The molecule has 4 nitrogen and oxygen atoms in total. The molecule has 1 atom stereocenters. The van der Waals surface area contributed by atoms with Gasteiger partial charge >= 0.3 is 24.7 Å². The highest BCUT2D eigenvalue weighted by Crippen LogP contribution is 2.50. The van der Waals surface area contributed by atoms with Crippen molar-refractivity contribution >= 4 is 11.6 Å². The lowest BCUT2D eigenvalue weighted by Gasteiger charge is -2.30. The first-order valence-corrected chi connectivity index (χ1v) is 9.80. The van der Waals surface area contributed by atoms with Crippen LogP contribution in [0.4, 0.5) is 52.7 Å². The lowest BCUT2D eigenvalue weighted by atomic mass is 9.84. The molecule has 0 aliphatic carbocycles. The summed E-state index contributed by atoms with van der Waals surface area (Å²) in [6.07, 6.45) is -22.4. The van der Waals surface area contributed by atoms with Gasteiger partial charge < -0.3 is 10.2 Å². The Kier molecular flexibility index (Phi) is 6.94. The number of nitrogens with one attached hydrogen (secondary N) is 1. The van der Waals surface area contributed by atoms with Gasteiger partial charge in [0, 0.05) is 17.5 Å². The number of rotatable bonds is 4. The molecule has 1 aliphatic rings. The number of halogens is 12. The number of alkyl halides is 12. The lowest BCUT2D eigenvalue weighted by Crippen LogP contribution is -2.43. The molecule has 1 amide bonds. The molecular formula is C21H12F12N2O2. The molecule has 1 N–H and O–H groups in total. The van der Waals surface area contributed by atoms with Crippen LogP contribution in [0.5, 0.6) is 0 Å². The highest BCUT2D eigenvalue weighted by atomic mass is 19.4. The Bertz CT molecular complexity index is 1160. The smallest absolute Gasteiger partial charge is 0.374 e. The standard InChI is InChI=1S/C21H12F12N2O2/c22-18(23,24)9-34-16(36)11-3-1-10(2-4-11)15-8-17(37-35-15,21(31,32)33)12-5-13(19(25,26)27)7-14(6-12)20(28,29)30/h1-7H,8-9H2,(H,34,36). The summed E-state index contributed by atoms with van der Waals surface area (Å²) in [7, 11) is 0. The van der Waals surface area contributed by atoms with Crippen LogP contribution in [0.1, 0.15) is 39.0 Å². The molecule has 16 heteroatoms.